The molecule has 0 aliphatic rings. The van der Waals surface area contributed by atoms with Gasteiger partial charge in [0.2, 0.25) is 0 Å². The maximum absolute atomic E-state index is 3.25. The van der Waals surface area contributed by atoms with Crippen LogP contribution in [0.2, 0.25) is 0 Å². The number of hydrogen-bond donors (Lipinski definition) is 0. The summed E-state index contributed by atoms with van der Waals surface area (Å²) in [5, 5.41) is 0. The summed E-state index contributed by atoms with van der Waals surface area (Å²) < 4.78 is 0. The molecule has 0 amide bonds. The van der Waals surface area contributed by atoms with Crippen LogP contribution in [0.1, 0.15) is 39.5 Å². The SMILES string of the molecule is CCC[CH]CCC.[Br][Zn][Br]. The van der Waals surface area contributed by atoms with E-state index < -0.39 is 0 Å². The average molecular weight is 324 g/mol. The molecule has 0 aliphatic carbocycles. The molecule has 0 aromatic heterocycles. The number of rotatable bonds is 4. The van der Waals surface area contributed by atoms with Gasteiger partial charge in [-0.2, -0.15) is 0 Å². The third kappa shape index (κ3) is 22.6. The van der Waals surface area contributed by atoms with Gasteiger partial charge in [0, 0.05) is 0 Å². The summed E-state index contributed by atoms with van der Waals surface area (Å²) in [6.45, 7) is 4.43. The van der Waals surface area contributed by atoms with E-state index in [0.29, 0.717) is 0 Å². The molecule has 0 saturated carbocycles. The minimum atomic E-state index is -0.250. The third-order valence-electron chi connectivity index (χ3n) is 0.986. The van der Waals surface area contributed by atoms with Crippen LogP contribution in [-0.4, -0.2) is 0 Å². The van der Waals surface area contributed by atoms with E-state index in [0.717, 1.165) is 0 Å². The molecule has 3 heteroatoms. The molecule has 0 aliphatic heterocycles. The topological polar surface area (TPSA) is 0 Å². The second kappa shape index (κ2) is 16.9. The number of unbranched alkanes of at least 4 members (excludes halogenated alkanes) is 4. The van der Waals surface area contributed by atoms with Crippen molar-refractivity contribution in [2.75, 3.05) is 0 Å². The number of halogens is 2. The van der Waals surface area contributed by atoms with Gasteiger partial charge in [-0.1, -0.05) is 39.5 Å². The second-order valence-electron chi connectivity index (χ2n) is 1.97. The molecule has 0 heterocycles. The molecule has 59 valence electrons. The molecule has 0 unspecified atom stereocenters. The summed E-state index contributed by atoms with van der Waals surface area (Å²) in [5.74, 6) is 0. The Bertz CT molecular complexity index is 38.6. The van der Waals surface area contributed by atoms with Crippen molar-refractivity contribution in [2.24, 2.45) is 0 Å². The molecular formula is C7H15Br2Zn. The zero-order valence-corrected chi connectivity index (χ0v) is 13.0. The van der Waals surface area contributed by atoms with Gasteiger partial charge < -0.3 is 0 Å². The predicted molar refractivity (Wildman–Crippen MR) is 52.0 cm³/mol. The standard InChI is InChI=1S/C7H15.2BrH.Zn/c1-3-5-7-6-4-2;;;/h7H,3-6H2,1-2H3;2*1H;/q;;;+2/p-2. The number of hydrogen-bond acceptors (Lipinski definition) is 0. The van der Waals surface area contributed by atoms with Crippen LogP contribution in [0.5, 0.6) is 0 Å². The van der Waals surface area contributed by atoms with Crippen molar-refractivity contribution in [3.05, 3.63) is 6.42 Å². The van der Waals surface area contributed by atoms with Crippen LogP contribution in [0.3, 0.4) is 0 Å². The summed E-state index contributed by atoms with van der Waals surface area (Å²) >= 11 is 6.25. The van der Waals surface area contributed by atoms with E-state index in [9.17, 15) is 0 Å². The first-order valence-electron chi connectivity index (χ1n) is 3.77. The Morgan fingerprint density at radius 1 is 1.10 bits per heavy atom. The Labute approximate surface area is 85.8 Å². The molecule has 0 aromatic rings. The van der Waals surface area contributed by atoms with Crippen molar-refractivity contribution in [1.29, 1.82) is 0 Å². The molecule has 0 fully saturated rings. The van der Waals surface area contributed by atoms with E-state index in [1.807, 2.05) is 0 Å². The maximum atomic E-state index is 3.25. The Morgan fingerprint density at radius 3 is 1.60 bits per heavy atom. The Morgan fingerprint density at radius 2 is 1.40 bits per heavy atom. The molecule has 0 N–H and O–H groups in total. The van der Waals surface area contributed by atoms with E-state index in [4.69, 9.17) is 0 Å². The summed E-state index contributed by atoms with van der Waals surface area (Å²) in [7, 11) is 0. The zero-order valence-electron chi connectivity index (χ0n) is 6.87. The predicted octanol–water partition coefficient (Wildman–Crippen LogP) is 4.48. The van der Waals surface area contributed by atoms with Crippen LogP contribution in [0, 0.1) is 6.42 Å². The fourth-order valence-corrected chi connectivity index (χ4v) is 0.553. The van der Waals surface area contributed by atoms with Crippen LogP contribution in [-0.2, 0) is 13.2 Å². The minimum absolute atomic E-state index is 0.250. The van der Waals surface area contributed by atoms with Crippen molar-refractivity contribution in [2.45, 2.75) is 39.5 Å². The van der Waals surface area contributed by atoms with Crippen molar-refractivity contribution >= 4 is 27.2 Å². The van der Waals surface area contributed by atoms with Gasteiger partial charge in [0.1, 0.15) is 0 Å². The Balaban J connectivity index is 0. The van der Waals surface area contributed by atoms with Crippen molar-refractivity contribution in [3.63, 3.8) is 0 Å². The molecule has 0 atom stereocenters. The van der Waals surface area contributed by atoms with Crippen LogP contribution in [0.25, 0.3) is 0 Å². The van der Waals surface area contributed by atoms with Gasteiger partial charge >= 0.3 is 40.5 Å². The first kappa shape index (κ1) is 14.1. The van der Waals surface area contributed by atoms with Gasteiger partial charge in [-0.05, 0) is 6.42 Å². The van der Waals surface area contributed by atoms with Gasteiger partial charge in [0.25, 0.3) is 0 Å². The van der Waals surface area contributed by atoms with Gasteiger partial charge in [0.15, 0.2) is 0 Å². The van der Waals surface area contributed by atoms with Crippen LogP contribution in [0.15, 0.2) is 0 Å². The summed E-state index contributed by atoms with van der Waals surface area (Å²) in [4.78, 5) is 0. The molecule has 0 nitrogen and oxygen atoms in total. The van der Waals surface area contributed by atoms with Gasteiger partial charge in [-0.3, -0.25) is 0 Å². The van der Waals surface area contributed by atoms with E-state index >= 15 is 0 Å². The van der Waals surface area contributed by atoms with Crippen LogP contribution < -0.4 is 0 Å². The molecule has 0 spiro atoms. The van der Waals surface area contributed by atoms with Gasteiger partial charge in [0.05, 0.1) is 0 Å². The molecule has 0 saturated heterocycles. The summed E-state index contributed by atoms with van der Waals surface area (Å²) in [5.41, 5.74) is 0. The van der Waals surface area contributed by atoms with Gasteiger partial charge in [-0.15, -0.1) is 0 Å². The Kier molecular flexibility index (Phi) is 23.9. The van der Waals surface area contributed by atoms with Crippen LogP contribution in [0.4, 0.5) is 0 Å². The van der Waals surface area contributed by atoms with Crippen molar-refractivity contribution < 1.29 is 13.2 Å². The zero-order chi connectivity index (χ0) is 8.24. The molecular weight excluding hydrogens is 309 g/mol. The molecule has 0 bridgehead atoms. The molecule has 0 aromatic carbocycles. The van der Waals surface area contributed by atoms with E-state index in [1.165, 1.54) is 25.7 Å². The fraction of sp³-hybridized carbons (Fsp3) is 0.857. The van der Waals surface area contributed by atoms with Crippen LogP contribution >= 0.6 is 27.2 Å². The normalized spacial score (nSPS) is 7.60. The summed E-state index contributed by atoms with van der Waals surface area (Å²) in [6, 6.07) is 0. The van der Waals surface area contributed by atoms with Crippen molar-refractivity contribution in [3.8, 4) is 0 Å². The first-order valence-corrected chi connectivity index (χ1v) is 17.7. The van der Waals surface area contributed by atoms with E-state index in [2.05, 4.69) is 47.5 Å². The Hall–Kier alpha value is 1.58. The van der Waals surface area contributed by atoms with Crippen molar-refractivity contribution in [1.82, 2.24) is 0 Å². The molecule has 1 radical (unpaired) electrons. The third-order valence-corrected chi connectivity index (χ3v) is 0.986. The monoisotopic (exact) mass is 321 g/mol. The van der Waals surface area contributed by atoms with E-state index in [1.54, 1.807) is 0 Å². The molecule has 0 rings (SSSR count). The molecule has 10 heavy (non-hydrogen) atoms. The van der Waals surface area contributed by atoms with Gasteiger partial charge in [-0.25, -0.2) is 0 Å². The first-order chi connectivity index (χ1) is 4.83. The second-order valence-corrected chi connectivity index (χ2v) is 16.0. The summed E-state index contributed by atoms with van der Waals surface area (Å²) in [6.07, 6.45) is 7.57. The quantitative estimate of drug-likeness (QED) is 0.528. The van der Waals surface area contributed by atoms with E-state index in [-0.39, 0.29) is 13.2 Å². The fourth-order valence-electron chi connectivity index (χ4n) is 0.553. The average Bonchev–Trinajstić information content (AvgIpc) is 1.91.